The van der Waals surface area contributed by atoms with E-state index in [0.717, 1.165) is 34.5 Å². The van der Waals surface area contributed by atoms with E-state index < -0.39 is 5.91 Å². The summed E-state index contributed by atoms with van der Waals surface area (Å²) in [6, 6.07) is 15.9. The number of fused-ring (bicyclic) bond motifs is 1. The SMILES string of the molecule is NC(=O)c1cn([C@H](CO)CCn2ccc3ccc(OCCCc4ccc(Cl)cc4)cc32)cn1. The van der Waals surface area contributed by atoms with Gasteiger partial charge in [0.1, 0.15) is 11.4 Å². The fourth-order valence-electron chi connectivity index (χ4n) is 3.85. The number of benzene rings is 2. The van der Waals surface area contributed by atoms with Gasteiger partial charge in [0.25, 0.3) is 5.91 Å². The Morgan fingerprint density at radius 2 is 2.00 bits per heavy atom. The van der Waals surface area contributed by atoms with Crippen LogP contribution in [0.15, 0.2) is 67.3 Å². The summed E-state index contributed by atoms with van der Waals surface area (Å²) < 4.78 is 9.87. The third-order valence-electron chi connectivity index (χ3n) is 5.73. The van der Waals surface area contributed by atoms with Crippen molar-refractivity contribution >= 4 is 28.4 Å². The van der Waals surface area contributed by atoms with Crippen LogP contribution in [0.2, 0.25) is 5.02 Å². The zero-order valence-corrected chi connectivity index (χ0v) is 19.0. The smallest absolute Gasteiger partial charge is 0.268 e. The summed E-state index contributed by atoms with van der Waals surface area (Å²) in [6.45, 7) is 1.26. The first-order chi connectivity index (χ1) is 16.0. The van der Waals surface area contributed by atoms with Crippen molar-refractivity contribution in [1.29, 1.82) is 0 Å². The van der Waals surface area contributed by atoms with Crippen LogP contribution in [0.3, 0.4) is 0 Å². The van der Waals surface area contributed by atoms with Gasteiger partial charge < -0.3 is 24.7 Å². The summed E-state index contributed by atoms with van der Waals surface area (Å²) in [5.74, 6) is 0.250. The van der Waals surface area contributed by atoms with Gasteiger partial charge in [-0.1, -0.05) is 23.7 Å². The highest BCUT2D eigenvalue weighted by Gasteiger charge is 2.14. The topological polar surface area (TPSA) is 95.3 Å². The molecule has 2 aromatic carbocycles. The molecular formula is C25H27ClN4O3. The molecule has 1 amide bonds. The van der Waals surface area contributed by atoms with Crippen LogP contribution in [-0.2, 0) is 13.0 Å². The minimum Gasteiger partial charge on any atom is -0.494 e. The lowest BCUT2D eigenvalue weighted by Gasteiger charge is -2.16. The molecule has 0 aliphatic heterocycles. The van der Waals surface area contributed by atoms with Crippen molar-refractivity contribution in [2.45, 2.75) is 31.8 Å². The van der Waals surface area contributed by atoms with Gasteiger partial charge in [0.15, 0.2) is 0 Å². The van der Waals surface area contributed by atoms with E-state index in [1.54, 1.807) is 10.8 Å². The van der Waals surface area contributed by atoms with Crippen LogP contribution >= 0.6 is 11.6 Å². The molecule has 33 heavy (non-hydrogen) atoms. The average Bonchev–Trinajstić information content (AvgIpc) is 3.46. The number of aliphatic hydroxyl groups is 1. The zero-order valence-electron chi connectivity index (χ0n) is 18.2. The standard InChI is InChI=1S/C25H27ClN4O3/c26-20-6-3-18(4-7-20)2-1-13-33-22-8-5-19-9-11-29(24(19)14-22)12-10-21(16-31)30-15-23(25(27)32)28-17-30/h3-9,11,14-15,17,21,31H,1-2,10,12-13,16H2,(H2,27,32)/t21-/m0/s1. The molecule has 172 valence electrons. The second kappa shape index (κ2) is 10.6. The number of rotatable bonds is 11. The van der Waals surface area contributed by atoms with Crippen molar-refractivity contribution in [3.05, 3.63) is 83.5 Å². The van der Waals surface area contributed by atoms with E-state index in [0.29, 0.717) is 19.6 Å². The maximum atomic E-state index is 11.3. The molecule has 0 saturated heterocycles. The molecule has 1 atom stereocenters. The summed E-state index contributed by atoms with van der Waals surface area (Å²) in [4.78, 5) is 15.3. The van der Waals surface area contributed by atoms with E-state index in [9.17, 15) is 9.90 Å². The molecule has 0 unspecified atom stereocenters. The quantitative estimate of drug-likeness (QED) is 0.323. The number of amides is 1. The summed E-state index contributed by atoms with van der Waals surface area (Å²) in [7, 11) is 0. The first-order valence-corrected chi connectivity index (χ1v) is 11.3. The van der Waals surface area contributed by atoms with E-state index in [1.165, 1.54) is 11.9 Å². The molecule has 3 N–H and O–H groups in total. The molecule has 0 aliphatic carbocycles. The van der Waals surface area contributed by atoms with Gasteiger partial charge in [0.05, 0.1) is 31.1 Å². The Bertz CT molecular complexity index is 1220. The van der Waals surface area contributed by atoms with Crippen LogP contribution in [0, 0.1) is 0 Å². The number of aromatic nitrogens is 3. The molecule has 0 aliphatic rings. The van der Waals surface area contributed by atoms with Gasteiger partial charge >= 0.3 is 0 Å². The second-order valence-electron chi connectivity index (χ2n) is 8.00. The molecule has 4 rings (SSSR count). The molecular weight excluding hydrogens is 440 g/mol. The minimum absolute atomic E-state index is 0.0598. The van der Waals surface area contributed by atoms with E-state index in [-0.39, 0.29) is 18.3 Å². The number of carbonyl (C=O) groups excluding carboxylic acids is 1. The molecule has 0 bridgehead atoms. The number of nitrogens with zero attached hydrogens (tertiary/aromatic N) is 3. The molecule has 8 heteroatoms. The molecule has 0 radical (unpaired) electrons. The predicted octanol–water partition coefficient (Wildman–Crippen LogP) is 4.23. The second-order valence-corrected chi connectivity index (χ2v) is 8.44. The number of imidazole rings is 1. The first kappa shape index (κ1) is 22.9. The fourth-order valence-corrected chi connectivity index (χ4v) is 3.98. The molecule has 2 aromatic heterocycles. The maximum Gasteiger partial charge on any atom is 0.268 e. The number of hydrogen-bond acceptors (Lipinski definition) is 4. The van der Waals surface area contributed by atoms with Gasteiger partial charge in [-0.2, -0.15) is 0 Å². The van der Waals surface area contributed by atoms with Crippen LogP contribution in [0.1, 0.15) is 34.9 Å². The van der Waals surface area contributed by atoms with E-state index in [2.05, 4.69) is 21.7 Å². The highest BCUT2D eigenvalue weighted by molar-refractivity contribution is 6.30. The lowest BCUT2D eigenvalue weighted by Crippen LogP contribution is -2.15. The summed E-state index contributed by atoms with van der Waals surface area (Å²) in [5.41, 5.74) is 7.79. The molecule has 7 nitrogen and oxygen atoms in total. The number of aryl methyl sites for hydroxylation is 2. The van der Waals surface area contributed by atoms with Crippen LogP contribution in [0.5, 0.6) is 5.75 Å². The van der Waals surface area contributed by atoms with Crippen molar-refractivity contribution in [2.24, 2.45) is 5.73 Å². The lowest BCUT2D eigenvalue weighted by atomic mass is 10.1. The minimum atomic E-state index is -0.581. The fraction of sp³-hybridized carbons (Fsp3) is 0.280. The molecule has 0 spiro atoms. The van der Waals surface area contributed by atoms with Crippen molar-refractivity contribution in [3.63, 3.8) is 0 Å². The lowest BCUT2D eigenvalue weighted by molar-refractivity contribution is 0.0995. The third kappa shape index (κ3) is 5.74. The van der Waals surface area contributed by atoms with Crippen LogP contribution in [-0.4, -0.2) is 38.3 Å². The van der Waals surface area contributed by atoms with E-state index in [4.69, 9.17) is 22.1 Å². The van der Waals surface area contributed by atoms with Gasteiger partial charge in [-0.3, -0.25) is 4.79 Å². The number of aliphatic hydroxyl groups excluding tert-OH is 1. The summed E-state index contributed by atoms with van der Waals surface area (Å²) in [5, 5.41) is 11.7. The highest BCUT2D eigenvalue weighted by atomic mass is 35.5. The molecule has 0 fully saturated rings. The van der Waals surface area contributed by atoms with Gasteiger partial charge in [-0.25, -0.2) is 4.98 Å². The van der Waals surface area contributed by atoms with Crippen LogP contribution in [0.4, 0.5) is 0 Å². The van der Waals surface area contributed by atoms with Gasteiger partial charge in [0, 0.05) is 30.0 Å². The largest absolute Gasteiger partial charge is 0.494 e. The number of hydrogen-bond donors (Lipinski definition) is 2. The van der Waals surface area contributed by atoms with Gasteiger partial charge in [0.2, 0.25) is 0 Å². The Kier molecular flexibility index (Phi) is 7.32. The number of carbonyl (C=O) groups is 1. The molecule has 2 heterocycles. The predicted molar refractivity (Wildman–Crippen MR) is 129 cm³/mol. The van der Waals surface area contributed by atoms with Crippen LogP contribution in [0.25, 0.3) is 10.9 Å². The Morgan fingerprint density at radius 3 is 2.73 bits per heavy atom. The van der Waals surface area contributed by atoms with Gasteiger partial charge in [-0.05, 0) is 60.5 Å². The van der Waals surface area contributed by atoms with Crippen molar-refractivity contribution in [3.8, 4) is 5.75 Å². The first-order valence-electron chi connectivity index (χ1n) is 10.9. The Hall–Kier alpha value is -3.29. The summed E-state index contributed by atoms with van der Waals surface area (Å²) >= 11 is 5.94. The van der Waals surface area contributed by atoms with E-state index in [1.807, 2.05) is 42.6 Å². The average molecular weight is 467 g/mol. The zero-order chi connectivity index (χ0) is 23.2. The normalized spacial score (nSPS) is 12.2. The van der Waals surface area contributed by atoms with Gasteiger partial charge in [-0.15, -0.1) is 0 Å². The number of primary amides is 1. The summed E-state index contributed by atoms with van der Waals surface area (Å²) in [6.07, 6.45) is 7.66. The van der Waals surface area contributed by atoms with Crippen LogP contribution < -0.4 is 10.5 Å². The Balaban J connectivity index is 1.35. The van der Waals surface area contributed by atoms with Crippen molar-refractivity contribution < 1.29 is 14.6 Å². The third-order valence-corrected chi connectivity index (χ3v) is 5.98. The Morgan fingerprint density at radius 1 is 1.18 bits per heavy atom. The number of halogens is 1. The number of ether oxygens (including phenoxy) is 1. The highest BCUT2D eigenvalue weighted by Crippen LogP contribution is 2.24. The Labute approximate surface area is 197 Å². The molecule has 4 aromatic rings. The van der Waals surface area contributed by atoms with E-state index >= 15 is 0 Å². The van der Waals surface area contributed by atoms with Crippen molar-refractivity contribution in [2.75, 3.05) is 13.2 Å². The molecule has 0 saturated carbocycles. The maximum absolute atomic E-state index is 11.3. The monoisotopic (exact) mass is 466 g/mol. The van der Waals surface area contributed by atoms with Crippen molar-refractivity contribution in [1.82, 2.24) is 14.1 Å². The number of nitrogens with two attached hydrogens (primary N) is 1.